The van der Waals surface area contributed by atoms with Gasteiger partial charge in [-0.1, -0.05) is 36.7 Å². The molecule has 14 heteroatoms. The van der Waals surface area contributed by atoms with Crippen molar-refractivity contribution >= 4 is 27.6 Å². The van der Waals surface area contributed by atoms with Crippen LogP contribution in [-0.2, 0) is 23.0 Å². The van der Waals surface area contributed by atoms with E-state index in [1.165, 1.54) is 19.5 Å². The van der Waals surface area contributed by atoms with Gasteiger partial charge in [0.2, 0.25) is 21.9 Å². The number of sulfonamides is 1. The second kappa shape index (κ2) is 10.8. The van der Waals surface area contributed by atoms with E-state index in [9.17, 15) is 8.42 Å². The smallest absolute Gasteiger partial charge is 0.238 e. The van der Waals surface area contributed by atoms with Gasteiger partial charge in [0.1, 0.15) is 17.3 Å². The first-order valence-corrected chi connectivity index (χ1v) is 13.4. The van der Waals surface area contributed by atoms with Crippen molar-refractivity contribution in [2.75, 3.05) is 11.8 Å². The molecule has 0 bridgehead atoms. The van der Waals surface area contributed by atoms with Crippen molar-refractivity contribution in [3.8, 4) is 17.4 Å². The highest BCUT2D eigenvalue weighted by molar-refractivity contribution is 7.93. The molecule has 37 heavy (non-hydrogen) atoms. The second-order valence-electron chi connectivity index (χ2n) is 8.42. The number of methoxy groups -OCH3 is 1. The van der Waals surface area contributed by atoms with Crippen molar-refractivity contribution in [3.05, 3.63) is 58.5 Å². The first-order valence-electron chi connectivity index (χ1n) is 11.5. The number of anilines is 1. The Balaban J connectivity index is 1.73. The molecular formula is C23H27ClN8O4S. The van der Waals surface area contributed by atoms with Crippen molar-refractivity contribution in [2.24, 2.45) is 0 Å². The van der Waals surface area contributed by atoms with E-state index in [0.717, 1.165) is 11.3 Å². The Bertz CT molecular complexity index is 1490. The second-order valence-corrected chi connectivity index (χ2v) is 10.9. The Hall–Kier alpha value is -3.58. The van der Waals surface area contributed by atoms with Crippen LogP contribution in [0.4, 0.5) is 5.95 Å². The molecule has 4 aromatic rings. The van der Waals surface area contributed by atoms with E-state index < -0.39 is 21.2 Å². The number of pyridine rings is 1. The first-order chi connectivity index (χ1) is 17.6. The van der Waals surface area contributed by atoms with Gasteiger partial charge in [-0.2, -0.15) is 0 Å². The Morgan fingerprint density at radius 2 is 1.92 bits per heavy atom. The lowest BCUT2D eigenvalue weighted by atomic mass is 10.1. The van der Waals surface area contributed by atoms with Crippen molar-refractivity contribution in [1.82, 2.24) is 34.9 Å². The Kier molecular flexibility index (Phi) is 7.73. The molecule has 4 rings (SSSR count). The summed E-state index contributed by atoms with van der Waals surface area (Å²) in [6, 6.07) is 5.21. The summed E-state index contributed by atoms with van der Waals surface area (Å²) in [5.74, 6) is 1.20. The minimum absolute atomic E-state index is 0.0262. The van der Waals surface area contributed by atoms with Crippen LogP contribution in [0, 0.1) is 6.92 Å². The summed E-state index contributed by atoms with van der Waals surface area (Å²) in [6.07, 6.45) is 3.51. The average Bonchev–Trinajstić information content (AvgIpc) is 3.46. The summed E-state index contributed by atoms with van der Waals surface area (Å²) in [6.45, 7) is 7.28. The van der Waals surface area contributed by atoms with Gasteiger partial charge in [0.15, 0.2) is 5.82 Å². The maximum absolute atomic E-state index is 13.4. The molecule has 196 valence electrons. The fourth-order valence-corrected chi connectivity index (χ4v) is 5.05. The van der Waals surface area contributed by atoms with Crippen LogP contribution >= 0.6 is 11.6 Å². The molecule has 4 heterocycles. The number of nitrogens with zero attached hydrogens (tertiary/aromatic N) is 7. The molecule has 0 fully saturated rings. The lowest BCUT2D eigenvalue weighted by Crippen LogP contribution is -2.31. The van der Waals surface area contributed by atoms with Gasteiger partial charge >= 0.3 is 0 Å². The predicted molar refractivity (Wildman–Crippen MR) is 137 cm³/mol. The molecule has 0 saturated carbocycles. The van der Waals surface area contributed by atoms with Gasteiger partial charge in [0.25, 0.3) is 0 Å². The van der Waals surface area contributed by atoms with Crippen LogP contribution in [0.2, 0.25) is 5.02 Å². The van der Waals surface area contributed by atoms with Gasteiger partial charge in [0.05, 0.1) is 29.6 Å². The fraction of sp³-hybridized carbons (Fsp3) is 0.391. The highest BCUT2D eigenvalue weighted by atomic mass is 35.5. The van der Waals surface area contributed by atoms with E-state index in [4.69, 9.17) is 20.9 Å². The predicted octanol–water partition coefficient (Wildman–Crippen LogP) is 3.63. The topological polar surface area (TPSA) is 151 Å². The van der Waals surface area contributed by atoms with Crippen molar-refractivity contribution in [2.45, 2.75) is 51.8 Å². The minimum atomic E-state index is -3.95. The maximum Gasteiger partial charge on any atom is 0.238 e. The molecule has 0 aliphatic heterocycles. The van der Waals surface area contributed by atoms with Crippen molar-refractivity contribution < 1.29 is 17.7 Å². The number of halogens is 1. The molecule has 0 amide bonds. The Labute approximate surface area is 219 Å². The standard InChI is InChI=1S/C23H27ClN8O4S/c1-6-18-17(14(3)36-30-18)12-32-22(19-8-7-9-20(27-19)35-5)28-29-23(32)31-37(33,34)15(4)13(2)21-25-10-16(24)11-26-21/h7-11,13,15H,6,12H2,1-5H3,(H,29,31). The van der Waals surface area contributed by atoms with E-state index in [0.29, 0.717) is 40.4 Å². The summed E-state index contributed by atoms with van der Waals surface area (Å²) in [4.78, 5) is 12.8. The molecule has 0 saturated heterocycles. The minimum Gasteiger partial charge on any atom is -0.481 e. The summed E-state index contributed by atoms with van der Waals surface area (Å²) < 4.78 is 41.7. The first kappa shape index (κ1) is 26.5. The molecule has 0 aliphatic carbocycles. The fourth-order valence-electron chi connectivity index (χ4n) is 3.70. The van der Waals surface area contributed by atoms with Crippen LogP contribution in [0.1, 0.15) is 49.5 Å². The van der Waals surface area contributed by atoms with Gasteiger partial charge in [0, 0.05) is 29.9 Å². The van der Waals surface area contributed by atoms with Gasteiger partial charge in [-0.3, -0.25) is 9.29 Å². The third-order valence-corrected chi connectivity index (χ3v) is 8.15. The molecule has 2 unspecified atom stereocenters. The average molecular weight is 547 g/mol. The van der Waals surface area contributed by atoms with Crippen LogP contribution in [0.3, 0.4) is 0 Å². The Morgan fingerprint density at radius 3 is 2.59 bits per heavy atom. The lowest BCUT2D eigenvalue weighted by molar-refractivity contribution is 0.390. The number of aromatic nitrogens is 7. The number of hydrogen-bond acceptors (Lipinski definition) is 10. The lowest BCUT2D eigenvalue weighted by Gasteiger charge is -2.20. The molecule has 0 spiro atoms. The van der Waals surface area contributed by atoms with E-state index in [1.54, 1.807) is 43.5 Å². The summed E-state index contributed by atoms with van der Waals surface area (Å²) >= 11 is 5.88. The third-order valence-electron chi connectivity index (χ3n) is 6.10. The van der Waals surface area contributed by atoms with Gasteiger partial charge in [-0.05, 0) is 26.3 Å². The van der Waals surface area contributed by atoms with Crippen LogP contribution in [-0.4, -0.2) is 55.7 Å². The van der Waals surface area contributed by atoms with E-state index >= 15 is 0 Å². The largest absolute Gasteiger partial charge is 0.481 e. The zero-order valence-corrected chi connectivity index (χ0v) is 22.6. The molecule has 4 aromatic heterocycles. The molecule has 0 aliphatic rings. The number of nitrogens with one attached hydrogen (secondary N) is 1. The van der Waals surface area contributed by atoms with E-state index in [-0.39, 0.29) is 12.5 Å². The number of rotatable bonds is 10. The zero-order chi connectivity index (χ0) is 26.7. The van der Waals surface area contributed by atoms with Crippen LogP contribution in [0.15, 0.2) is 35.1 Å². The Morgan fingerprint density at radius 1 is 1.19 bits per heavy atom. The number of ether oxygens (including phenoxy) is 1. The monoisotopic (exact) mass is 546 g/mol. The maximum atomic E-state index is 13.4. The van der Waals surface area contributed by atoms with Crippen LogP contribution < -0.4 is 9.46 Å². The molecular weight excluding hydrogens is 520 g/mol. The normalized spacial score (nSPS) is 13.4. The van der Waals surface area contributed by atoms with Crippen LogP contribution in [0.5, 0.6) is 5.88 Å². The van der Waals surface area contributed by atoms with E-state index in [1.807, 2.05) is 6.92 Å². The third kappa shape index (κ3) is 5.57. The van der Waals surface area contributed by atoms with Crippen molar-refractivity contribution in [3.63, 3.8) is 0 Å². The van der Waals surface area contributed by atoms with Crippen LogP contribution in [0.25, 0.3) is 11.5 Å². The molecule has 2 atom stereocenters. The molecule has 1 N–H and O–H groups in total. The molecule has 0 aromatic carbocycles. The molecule has 12 nitrogen and oxygen atoms in total. The zero-order valence-electron chi connectivity index (χ0n) is 21.0. The number of hydrogen-bond donors (Lipinski definition) is 1. The highest BCUT2D eigenvalue weighted by Crippen LogP contribution is 2.28. The van der Waals surface area contributed by atoms with E-state index in [2.05, 4.69) is 35.0 Å². The SMILES string of the molecule is CCc1noc(C)c1Cn1c(NS(=O)(=O)C(C)C(C)c2ncc(Cl)cn2)nnc1-c1cccc(OC)n1. The van der Waals surface area contributed by atoms with Gasteiger partial charge < -0.3 is 9.26 Å². The summed E-state index contributed by atoms with van der Waals surface area (Å²) in [7, 11) is -2.44. The highest BCUT2D eigenvalue weighted by Gasteiger charge is 2.31. The molecule has 0 radical (unpaired) electrons. The van der Waals surface area contributed by atoms with Crippen molar-refractivity contribution in [1.29, 1.82) is 0 Å². The van der Waals surface area contributed by atoms with Gasteiger partial charge in [-0.25, -0.2) is 23.4 Å². The quantitative estimate of drug-likeness (QED) is 0.312. The summed E-state index contributed by atoms with van der Waals surface area (Å²) in [5.41, 5.74) is 2.02. The van der Waals surface area contributed by atoms with Gasteiger partial charge in [-0.15, -0.1) is 10.2 Å². The summed E-state index contributed by atoms with van der Waals surface area (Å²) in [5, 5.41) is 12.0. The number of aryl methyl sites for hydroxylation is 2.